The minimum atomic E-state index is -0.632. The monoisotopic (exact) mass is 281 g/mol. The molecule has 7 nitrogen and oxygen atoms in total. The van der Waals surface area contributed by atoms with Gasteiger partial charge in [0, 0.05) is 11.3 Å². The van der Waals surface area contributed by atoms with Crippen LogP contribution in [0.5, 0.6) is 0 Å². The van der Waals surface area contributed by atoms with E-state index in [1.165, 1.54) is 19.1 Å². The Morgan fingerprint density at radius 2 is 2.21 bits per heavy atom. The van der Waals surface area contributed by atoms with Crippen LogP contribution in [0.2, 0.25) is 0 Å². The fourth-order valence-corrected chi connectivity index (χ4v) is 2.24. The van der Waals surface area contributed by atoms with E-state index in [9.17, 15) is 14.9 Å². The molecule has 100 valence electrons. The van der Waals surface area contributed by atoms with Gasteiger partial charge in [-0.3, -0.25) is 14.9 Å². The smallest absolute Gasteiger partial charge is 0.403 e. The van der Waals surface area contributed by atoms with Crippen LogP contribution in [-0.2, 0) is 4.79 Å². The van der Waals surface area contributed by atoms with Crippen molar-refractivity contribution in [3.05, 3.63) is 39.3 Å². The van der Waals surface area contributed by atoms with E-state index < -0.39 is 11.0 Å². The summed E-state index contributed by atoms with van der Waals surface area (Å²) >= 11 is 5.01. The van der Waals surface area contributed by atoms with Crippen molar-refractivity contribution in [3.8, 4) is 0 Å². The third kappa shape index (κ3) is 2.48. The van der Waals surface area contributed by atoms with Crippen LogP contribution in [0.4, 0.5) is 5.88 Å². The van der Waals surface area contributed by atoms with E-state index in [0.29, 0.717) is 16.4 Å². The molecule has 0 bridgehead atoms. The Morgan fingerprint density at radius 3 is 2.74 bits per heavy atom. The van der Waals surface area contributed by atoms with Crippen molar-refractivity contribution < 1.29 is 14.1 Å². The molecule has 0 amide bonds. The second kappa shape index (κ2) is 4.81. The Hall–Kier alpha value is -2.22. The summed E-state index contributed by atoms with van der Waals surface area (Å²) in [5.41, 5.74) is 1.05. The Balaban J connectivity index is 2.45. The number of nitrogens with zero attached hydrogens (tertiary/aromatic N) is 1. The van der Waals surface area contributed by atoms with Gasteiger partial charge in [0.15, 0.2) is 10.9 Å². The number of nitro groups is 1. The van der Waals surface area contributed by atoms with Gasteiger partial charge >= 0.3 is 5.88 Å². The first-order valence-corrected chi connectivity index (χ1v) is 5.84. The second-order valence-electron chi connectivity index (χ2n) is 4.06. The first-order chi connectivity index (χ1) is 8.90. The average molecular weight is 281 g/mol. The van der Waals surface area contributed by atoms with E-state index in [0.717, 1.165) is 0 Å². The highest BCUT2D eigenvalue weighted by Gasteiger charge is 2.31. The number of furan rings is 1. The molecule has 8 heteroatoms. The maximum absolute atomic E-state index is 11.7. The van der Waals surface area contributed by atoms with Gasteiger partial charge in [0.1, 0.15) is 16.7 Å². The minimum absolute atomic E-state index is 0.163. The van der Waals surface area contributed by atoms with E-state index in [4.69, 9.17) is 16.6 Å². The molecule has 1 aliphatic heterocycles. The fourth-order valence-electron chi connectivity index (χ4n) is 1.97. The van der Waals surface area contributed by atoms with Crippen LogP contribution in [0.15, 0.2) is 27.8 Å². The van der Waals surface area contributed by atoms with E-state index in [-0.39, 0.29) is 17.4 Å². The van der Waals surface area contributed by atoms with Gasteiger partial charge in [-0.05, 0) is 32.1 Å². The number of rotatable bonds is 3. The highest BCUT2D eigenvalue weighted by Crippen LogP contribution is 2.30. The van der Waals surface area contributed by atoms with E-state index >= 15 is 0 Å². The first kappa shape index (κ1) is 13.2. The largest absolute Gasteiger partial charge is 0.433 e. The molecule has 0 unspecified atom stereocenters. The molecule has 19 heavy (non-hydrogen) atoms. The lowest BCUT2D eigenvalue weighted by Crippen LogP contribution is -2.44. The van der Waals surface area contributed by atoms with Crippen molar-refractivity contribution in [2.24, 2.45) is 0 Å². The van der Waals surface area contributed by atoms with Gasteiger partial charge in [0.05, 0.1) is 6.07 Å². The molecule has 2 N–H and O–H groups in total. The van der Waals surface area contributed by atoms with Crippen molar-refractivity contribution in [1.82, 2.24) is 10.6 Å². The van der Waals surface area contributed by atoms with Crippen LogP contribution in [0.1, 0.15) is 25.6 Å². The minimum Gasteiger partial charge on any atom is -0.403 e. The lowest BCUT2D eigenvalue weighted by atomic mass is 9.98. The first-order valence-electron chi connectivity index (χ1n) is 5.43. The van der Waals surface area contributed by atoms with Gasteiger partial charge in [0.25, 0.3) is 0 Å². The summed E-state index contributed by atoms with van der Waals surface area (Å²) in [7, 11) is 0. The molecule has 2 rings (SSSR count). The topological polar surface area (TPSA) is 97.4 Å². The molecule has 2 heterocycles. The number of hydrogen-bond donors (Lipinski definition) is 2. The lowest BCUT2D eigenvalue weighted by molar-refractivity contribution is -0.402. The standard InChI is InChI=1S/C11H11N3O4S/c1-5-9(6(2)15)10(13-11(19)12-5)7-3-4-8(18-7)14(16)17/h3-4,10H,1-2H3,(H2,12,13,19)/t10-/m1/s1. The van der Waals surface area contributed by atoms with Gasteiger partial charge in [-0.25, -0.2) is 0 Å². The highest BCUT2D eigenvalue weighted by atomic mass is 32.1. The zero-order valence-electron chi connectivity index (χ0n) is 10.2. The SMILES string of the molecule is CC(=O)C1=C(C)NC(=S)N[C@@H]1c1ccc([N+](=O)[O-])o1. The van der Waals surface area contributed by atoms with Crippen molar-refractivity contribution >= 4 is 29.0 Å². The number of allylic oxidation sites excluding steroid dienone is 1. The second-order valence-corrected chi connectivity index (χ2v) is 4.47. The normalized spacial score (nSPS) is 18.8. The summed E-state index contributed by atoms with van der Waals surface area (Å²) in [6.45, 7) is 3.13. The summed E-state index contributed by atoms with van der Waals surface area (Å²) in [5.74, 6) is -0.258. The number of ketones is 1. The Bertz CT molecular complexity index is 605. The van der Waals surface area contributed by atoms with Crippen LogP contribution in [-0.4, -0.2) is 15.8 Å². The Morgan fingerprint density at radius 1 is 1.53 bits per heavy atom. The van der Waals surface area contributed by atoms with Gasteiger partial charge in [-0.1, -0.05) is 0 Å². The molecule has 0 fully saturated rings. The number of nitrogens with one attached hydrogen (secondary N) is 2. The predicted octanol–water partition coefficient (Wildman–Crippen LogP) is 1.57. The van der Waals surface area contributed by atoms with Gasteiger partial charge < -0.3 is 15.1 Å². The number of hydrogen-bond acceptors (Lipinski definition) is 5. The molecule has 1 aliphatic rings. The maximum Gasteiger partial charge on any atom is 0.433 e. The number of carbonyl (C=O) groups is 1. The Kier molecular flexibility index (Phi) is 3.34. The average Bonchev–Trinajstić information content (AvgIpc) is 2.76. The number of Topliss-reactive ketones (excluding diaryl/α,β-unsaturated/α-hetero) is 1. The molecule has 1 atom stereocenters. The molecule has 1 aromatic rings. The summed E-state index contributed by atoms with van der Waals surface area (Å²) in [6.07, 6.45) is 0. The zero-order valence-corrected chi connectivity index (χ0v) is 11.0. The van der Waals surface area contributed by atoms with Gasteiger partial charge in [-0.2, -0.15) is 0 Å². The molecule has 0 spiro atoms. The predicted molar refractivity (Wildman–Crippen MR) is 70.4 cm³/mol. The van der Waals surface area contributed by atoms with Gasteiger partial charge in [-0.15, -0.1) is 0 Å². The van der Waals surface area contributed by atoms with Crippen LogP contribution in [0.25, 0.3) is 0 Å². The molecule has 0 saturated carbocycles. The molecule has 0 aliphatic carbocycles. The lowest BCUT2D eigenvalue weighted by Gasteiger charge is -2.27. The summed E-state index contributed by atoms with van der Waals surface area (Å²) in [6, 6.07) is 2.09. The summed E-state index contributed by atoms with van der Waals surface area (Å²) < 4.78 is 5.13. The molecular formula is C11H11N3O4S. The third-order valence-corrected chi connectivity index (χ3v) is 2.95. The quantitative estimate of drug-likeness (QED) is 0.493. The fraction of sp³-hybridized carbons (Fsp3) is 0.273. The van der Waals surface area contributed by atoms with E-state index in [1.54, 1.807) is 6.92 Å². The Labute approximate surface area is 113 Å². The maximum atomic E-state index is 11.7. The van der Waals surface area contributed by atoms with Gasteiger partial charge in [0.2, 0.25) is 0 Å². The van der Waals surface area contributed by atoms with Crippen LogP contribution in [0.3, 0.4) is 0 Å². The highest BCUT2D eigenvalue weighted by molar-refractivity contribution is 7.80. The van der Waals surface area contributed by atoms with Crippen molar-refractivity contribution in [2.75, 3.05) is 0 Å². The van der Waals surface area contributed by atoms with Crippen LogP contribution >= 0.6 is 12.2 Å². The summed E-state index contributed by atoms with van der Waals surface area (Å²) in [5, 5.41) is 16.7. The number of carbonyl (C=O) groups excluding carboxylic acids is 1. The molecule has 0 aromatic carbocycles. The van der Waals surface area contributed by atoms with E-state index in [2.05, 4.69) is 10.6 Å². The van der Waals surface area contributed by atoms with Crippen LogP contribution in [0, 0.1) is 10.1 Å². The third-order valence-electron chi connectivity index (χ3n) is 2.73. The van der Waals surface area contributed by atoms with Crippen molar-refractivity contribution in [3.63, 3.8) is 0 Å². The molecule has 0 saturated heterocycles. The van der Waals surface area contributed by atoms with E-state index in [1.807, 2.05) is 0 Å². The van der Waals surface area contributed by atoms with Crippen molar-refractivity contribution in [1.29, 1.82) is 0 Å². The van der Waals surface area contributed by atoms with Crippen LogP contribution < -0.4 is 10.6 Å². The molecular weight excluding hydrogens is 270 g/mol. The molecule has 0 radical (unpaired) electrons. The summed E-state index contributed by atoms with van der Waals surface area (Å²) in [4.78, 5) is 21.7. The van der Waals surface area contributed by atoms with Crippen molar-refractivity contribution in [2.45, 2.75) is 19.9 Å². The zero-order chi connectivity index (χ0) is 14.2. The molecule has 1 aromatic heterocycles. The number of thiocarbonyl (C=S) groups is 1.